The van der Waals surface area contributed by atoms with Crippen LogP contribution < -0.4 is 4.46 Å². The van der Waals surface area contributed by atoms with Crippen LogP contribution in [0.25, 0.3) is 0 Å². The van der Waals surface area contributed by atoms with Crippen molar-refractivity contribution in [2.45, 2.75) is 0 Å². The predicted octanol–water partition coefficient (Wildman–Crippen LogP) is -0.881. The van der Waals surface area contributed by atoms with Gasteiger partial charge in [0.1, 0.15) is 0 Å². The summed E-state index contributed by atoms with van der Waals surface area (Å²) in [5.41, 5.74) is 0. The summed E-state index contributed by atoms with van der Waals surface area (Å²) in [6.45, 7) is 0. The topological polar surface area (TPSA) is 57.5 Å². The first-order chi connectivity index (χ1) is 5.02. The monoisotopic (exact) mass is 226 g/mol. The summed E-state index contributed by atoms with van der Waals surface area (Å²) in [6.07, 6.45) is 0. The summed E-state index contributed by atoms with van der Waals surface area (Å²) in [4.78, 5) is 0. The number of hydrogen-bond donors (Lipinski definition) is 2. The van der Waals surface area contributed by atoms with Gasteiger partial charge >= 0.3 is 64.6 Å². The molecule has 0 fully saturated rings. The third-order valence-corrected chi connectivity index (χ3v) is 3.24. The van der Waals surface area contributed by atoms with Crippen LogP contribution in [0.3, 0.4) is 0 Å². The second-order valence-corrected chi connectivity index (χ2v) is 5.29. The summed E-state index contributed by atoms with van der Waals surface area (Å²) in [5.74, 6) is -0.847. The fourth-order valence-electron chi connectivity index (χ4n) is 0.688. The van der Waals surface area contributed by atoms with Crippen LogP contribution in [0.4, 0.5) is 4.39 Å². The molecule has 0 aromatic heterocycles. The van der Waals surface area contributed by atoms with E-state index in [0.29, 0.717) is 0 Å². The second kappa shape index (κ2) is 2.79. The van der Waals surface area contributed by atoms with Gasteiger partial charge in [0, 0.05) is 0 Å². The zero-order chi connectivity index (χ0) is 8.48. The molecule has 0 amide bonds. The van der Waals surface area contributed by atoms with E-state index in [4.69, 9.17) is 8.38 Å². The van der Waals surface area contributed by atoms with Crippen LogP contribution >= 0.6 is 0 Å². The molecule has 1 aromatic carbocycles. The van der Waals surface area contributed by atoms with Crippen molar-refractivity contribution >= 4 is 17.9 Å². The third-order valence-electron chi connectivity index (χ3n) is 1.17. The van der Waals surface area contributed by atoms with Gasteiger partial charge < -0.3 is 0 Å². The van der Waals surface area contributed by atoms with Gasteiger partial charge in [0.15, 0.2) is 0 Å². The number of hydrogen-bond acceptors (Lipinski definition) is 1. The number of rotatable bonds is 1. The summed E-state index contributed by atoms with van der Waals surface area (Å²) >= 11 is -5.03. The van der Waals surface area contributed by atoms with E-state index in [9.17, 15) is 8.23 Å². The Labute approximate surface area is 65.2 Å². The molecular weight excluding hydrogens is 218 g/mol. The van der Waals surface area contributed by atoms with Gasteiger partial charge in [-0.25, -0.2) is 0 Å². The normalized spacial score (nSPS) is 13.0. The number of halogens is 1. The Hall–Kier alpha value is -0.611. The molecule has 62 valence electrons. The van der Waals surface area contributed by atoms with Crippen molar-refractivity contribution in [3.8, 4) is 0 Å². The Kier molecular flexibility index (Phi) is 2.15. The molecule has 0 aliphatic heterocycles. The van der Waals surface area contributed by atoms with Crippen LogP contribution in [0.5, 0.6) is 0 Å². The van der Waals surface area contributed by atoms with Crippen molar-refractivity contribution < 1.29 is 16.6 Å². The van der Waals surface area contributed by atoms with Crippen molar-refractivity contribution in [3.05, 3.63) is 30.1 Å². The Morgan fingerprint density at radius 2 is 1.82 bits per heavy atom. The molecule has 0 aliphatic rings. The summed E-state index contributed by atoms with van der Waals surface area (Å²) in [7, 11) is 0. The summed E-state index contributed by atoms with van der Waals surface area (Å²) in [5, 5.41) is 0. The Balaban J connectivity index is 3.25. The standard InChI is InChI=1S/C6H7FO3Se/c7-5-3-1-2-4-6(5)11(8,9)10/h1-4,11H,(H2,8,9,10). The average Bonchev–Trinajstić information content (AvgIpc) is 1.86. The van der Waals surface area contributed by atoms with Gasteiger partial charge in [-0.2, -0.15) is 0 Å². The molecule has 0 bridgehead atoms. The van der Waals surface area contributed by atoms with Crippen LogP contribution in [0.15, 0.2) is 24.3 Å². The van der Waals surface area contributed by atoms with E-state index in [1.54, 1.807) is 0 Å². The van der Waals surface area contributed by atoms with Crippen molar-refractivity contribution in [3.63, 3.8) is 0 Å². The first kappa shape index (κ1) is 8.49. The van der Waals surface area contributed by atoms with Gasteiger partial charge in [0.2, 0.25) is 0 Å². The minimum atomic E-state index is -5.03. The second-order valence-electron chi connectivity index (χ2n) is 2.00. The van der Waals surface area contributed by atoms with Crippen molar-refractivity contribution in [1.82, 2.24) is 0 Å². The SMILES string of the molecule is O=[SeH](O)(O)c1ccccc1F. The molecule has 0 spiro atoms. The molecule has 0 saturated carbocycles. The van der Waals surface area contributed by atoms with Gasteiger partial charge in [0.25, 0.3) is 0 Å². The average molecular weight is 225 g/mol. The molecule has 1 aromatic rings. The van der Waals surface area contributed by atoms with E-state index in [1.807, 2.05) is 0 Å². The maximum absolute atomic E-state index is 12.6. The zero-order valence-corrected chi connectivity index (χ0v) is 7.31. The summed E-state index contributed by atoms with van der Waals surface area (Å²) < 4.78 is 39.9. The van der Waals surface area contributed by atoms with Gasteiger partial charge in [0.05, 0.1) is 0 Å². The minimum absolute atomic E-state index is 0.495. The van der Waals surface area contributed by atoms with Crippen LogP contribution in [0, 0.1) is 5.82 Å². The first-order valence-electron chi connectivity index (χ1n) is 2.82. The van der Waals surface area contributed by atoms with Crippen molar-refractivity contribution in [2.75, 3.05) is 0 Å². The molecule has 0 heterocycles. The molecule has 0 radical (unpaired) electrons. The first-order valence-corrected chi connectivity index (χ1v) is 6.21. The third kappa shape index (κ3) is 1.91. The van der Waals surface area contributed by atoms with E-state index in [0.717, 1.165) is 12.1 Å². The fourth-order valence-corrected chi connectivity index (χ4v) is 2.02. The Bertz CT molecular complexity index is 306. The molecule has 3 nitrogen and oxygen atoms in total. The van der Waals surface area contributed by atoms with E-state index in [1.165, 1.54) is 12.1 Å². The zero-order valence-electron chi connectivity index (χ0n) is 5.44. The maximum atomic E-state index is 12.6. The molecule has 0 saturated heterocycles. The van der Waals surface area contributed by atoms with E-state index in [-0.39, 0.29) is 0 Å². The number of benzene rings is 1. The van der Waals surface area contributed by atoms with Crippen LogP contribution in [0.1, 0.15) is 0 Å². The predicted molar refractivity (Wildman–Crippen MR) is 38.3 cm³/mol. The quantitative estimate of drug-likeness (QED) is 0.610. The fraction of sp³-hybridized carbons (Fsp3) is 0. The van der Waals surface area contributed by atoms with E-state index >= 15 is 0 Å². The molecule has 2 N–H and O–H groups in total. The Morgan fingerprint density at radius 3 is 2.18 bits per heavy atom. The molecule has 0 atom stereocenters. The van der Waals surface area contributed by atoms with Crippen LogP contribution in [-0.2, 0) is 3.83 Å². The van der Waals surface area contributed by atoms with Crippen LogP contribution in [-0.4, -0.2) is 21.8 Å². The van der Waals surface area contributed by atoms with Crippen molar-refractivity contribution in [2.24, 2.45) is 0 Å². The van der Waals surface area contributed by atoms with E-state index < -0.39 is 23.7 Å². The van der Waals surface area contributed by atoms with Crippen molar-refractivity contribution in [1.29, 1.82) is 0 Å². The van der Waals surface area contributed by atoms with Gasteiger partial charge in [-0.3, -0.25) is 0 Å². The molecule has 0 aliphatic carbocycles. The van der Waals surface area contributed by atoms with E-state index in [2.05, 4.69) is 0 Å². The molecule has 11 heavy (non-hydrogen) atoms. The summed E-state index contributed by atoms with van der Waals surface area (Å²) in [6, 6.07) is 4.88. The van der Waals surface area contributed by atoms with Gasteiger partial charge in [-0.05, 0) is 0 Å². The molecule has 1 rings (SSSR count). The molecular formula is C6H7FO3Se. The van der Waals surface area contributed by atoms with Gasteiger partial charge in [-0.15, -0.1) is 0 Å². The molecule has 0 unspecified atom stereocenters. The molecule has 5 heteroatoms. The van der Waals surface area contributed by atoms with Gasteiger partial charge in [-0.1, -0.05) is 0 Å². The van der Waals surface area contributed by atoms with Crippen LogP contribution in [0.2, 0.25) is 0 Å². The Morgan fingerprint density at radius 1 is 1.27 bits per heavy atom.